The quantitative estimate of drug-likeness (QED) is 0.662. The van der Waals surface area contributed by atoms with Crippen LogP contribution in [0.15, 0.2) is 65.8 Å². The second-order valence-electron chi connectivity index (χ2n) is 5.34. The monoisotopic (exact) mass is 375 g/mol. The summed E-state index contributed by atoms with van der Waals surface area (Å²) in [5, 5.41) is 16.8. The molecule has 1 aliphatic heterocycles. The molecular weight excluding hydrogens is 362 g/mol. The zero-order valence-corrected chi connectivity index (χ0v) is 13.9. The smallest absolute Gasteiger partial charge is 0.333 e. The van der Waals surface area contributed by atoms with E-state index in [1.165, 1.54) is 24.3 Å². The van der Waals surface area contributed by atoms with Crippen molar-refractivity contribution in [3.8, 4) is 0 Å². The van der Waals surface area contributed by atoms with Crippen molar-refractivity contribution in [3.63, 3.8) is 0 Å². The van der Waals surface area contributed by atoms with Gasteiger partial charge in [-0.05, 0) is 24.3 Å². The van der Waals surface area contributed by atoms with Crippen LogP contribution in [0.25, 0.3) is 0 Å². The van der Waals surface area contributed by atoms with E-state index in [4.69, 9.17) is 0 Å². The van der Waals surface area contributed by atoms with E-state index in [1.807, 2.05) is 0 Å². The molecule has 1 unspecified atom stereocenters. The zero-order valence-electron chi connectivity index (χ0n) is 13.1. The van der Waals surface area contributed by atoms with E-state index in [0.29, 0.717) is 5.01 Å². The van der Waals surface area contributed by atoms with Crippen LogP contribution in [-0.2, 0) is 14.9 Å². The number of carbonyl (C=O) groups is 2. The van der Waals surface area contributed by atoms with Gasteiger partial charge in [0.15, 0.2) is 5.84 Å². The Morgan fingerprint density at radius 2 is 1.58 bits per heavy atom. The van der Waals surface area contributed by atoms with E-state index in [1.54, 1.807) is 36.4 Å². The minimum Gasteiger partial charge on any atom is -0.359 e. The summed E-state index contributed by atoms with van der Waals surface area (Å²) < 4.78 is 32.8. The van der Waals surface area contributed by atoms with Crippen LogP contribution < -0.4 is 10.3 Å². The third kappa shape index (κ3) is 2.86. The Labute approximate surface area is 148 Å². The molecule has 0 radical (unpaired) electrons. The number of hydrogen-bond acceptors (Lipinski definition) is 6. The first-order valence-corrected chi connectivity index (χ1v) is 8.73. The lowest BCUT2D eigenvalue weighted by Gasteiger charge is -2.19. The topological polar surface area (TPSA) is 136 Å². The van der Waals surface area contributed by atoms with Gasteiger partial charge in [0.25, 0.3) is 5.91 Å². The first kappa shape index (κ1) is 17.7. The van der Waals surface area contributed by atoms with Gasteiger partial charge in [-0.3, -0.25) is 14.1 Å². The van der Waals surface area contributed by atoms with Crippen LogP contribution in [0, 0.1) is 0 Å². The summed E-state index contributed by atoms with van der Waals surface area (Å²) >= 11 is 0. The normalized spacial score (nSPS) is 20.0. The number of amidine groups is 1. The van der Waals surface area contributed by atoms with Crippen molar-refractivity contribution in [3.05, 3.63) is 66.2 Å². The number of para-hydroxylation sites is 1. The number of amides is 2. The molecule has 0 saturated carbocycles. The predicted molar refractivity (Wildman–Crippen MR) is 91.8 cm³/mol. The van der Waals surface area contributed by atoms with Gasteiger partial charge in [-0.25, -0.2) is 0 Å². The molecule has 2 aromatic rings. The first-order chi connectivity index (χ1) is 12.2. The number of anilines is 1. The summed E-state index contributed by atoms with van der Waals surface area (Å²) in [6, 6.07) is 15.3. The standard InChI is InChI=1S/C16H13N3O6S/c20-13(11-7-3-1-4-8-11)17-14-16(22,26(23,24)25)15(21)19(18-14)12-9-5-2-6-10-12/h1-10,22H,(H,17,18,20)(H,23,24,25). The number of nitrogens with one attached hydrogen (secondary N) is 1. The third-order valence-corrected chi connectivity index (χ3v) is 4.76. The maximum atomic E-state index is 12.5. The molecule has 1 aliphatic rings. The van der Waals surface area contributed by atoms with Crippen LogP contribution in [0.3, 0.4) is 0 Å². The summed E-state index contributed by atoms with van der Waals surface area (Å²) in [4.78, 5) is 21.3. The minimum atomic E-state index is -5.35. The number of rotatable bonds is 3. The van der Waals surface area contributed by atoms with Crippen molar-refractivity contribution in [1.82, 2.24) is 5.32 Å². The fourth-order valence-electron chi connectivity index (χ4n) is 2.31. The van der Waals surface area contributed by atoms with Crippen LogP contribution in [0.4, 0.5) is 5.69 Å². The van der Waals surface area contributed by atoms with Gasteiger partial charge < -0.3 is 10.4 Å². The Hall–Kier alpha value is -3.08. The van der Waals surface area contributed by atoms with Crippen LogP contribution >= 0.6 is 0 Å². The highest BCUT2D eigenvalue weighted by molar-refractivity contribution is 7.88. The van der Waals surface area contributed by atoms with Gasteiger partial charge in [-0.2, -0.15) is 13.4 Å². The van der Waals surface area contributed by atoms with Gasteiger partial charge in [-0.15, -0.1) is 5.10 Å². The highest BCUT2D eigenvalue weighted by Gasteiger charge is 2.61. The van der Waals surface area contributed by atoms with Crippen molar-refractivity contribution < 1.29 is 27.7 Å². The van der Waals surface area contributed by atoms with E-state index in [9.17, 15) is 27.7 Å². The molecule has 2 aromatic carbocycles. The molecule has 3 rings (SSSR count). The maximum Gasteiger partial charge on any atom is 0.333 e. The summed E-state index contributed by atoms with van der Waals surface area (Å²) in [5.41, 5.74) is 0.280. The molecule has 2 amide bonds. The van der Waals surface area contributed by atoms with E-state index in [2.05, 4.69) is 10.4 Å². The van der Waals surface area contributed by atoms with Crippen LogP contribution in [0.2, 0.25) is 0 Å². The SMILES string of the molecule is O=C(NC1=NN(c2ccccc2)C(=O)C1(O)S(=O)(=O)O)c1ccccc1. The fourth-order valence-corrected chi connectivity index (χ4v) is 2.96. The lowest BCUT2D eigenvalue weighted by Crippen LogP contribution is -2.57. The number of carbonyl (C=O) groups excluding carboxylic acids is 2. The molecule has 9 nitrogen and oxygen atoms in total. The lowest BCUT2D eigenvalue weighted by atomic mass is 10.2. The minimum absolute atomic E-state index is 0.137. The number of hydrogen-bond donors (Lipinski definition) is 3. The Kier molecular flexibility index (Phi) is 4.32. The van der Waals surface area contributed by atoms with Crippen LogP contribution in [0.5, 0.6) is 0 Å². The zero-order chi connectivity index (χ0) is 18.9. The number of benzene rings is 2. The van der Waals surface area contributed by atoms with Crippen molar-refractivity contribution in [2.75, 3.05) is 5.01 Å². The Morgan fingerprint density at radius 1 is 1.04 bits per heavy atom. The van der Waals surface area contributed by atoms with Crippen LogP contribution in [0.1, 0.15) is 10.4 Å². The molecule has 0 aliphatic carbocycles. The Bertz CT molecular complexity index is 991. The van der Waals surface area contributed by atoms with E-state index in [0.717, 1.165) is 0 Å². The van der Waals surface area contributed by atoms with Gasteiger partial charge in [0.05, 0.1) is 5.69 Å². The van der Waals surface area contributed by atoms with Crippen molar-refractivity contribution >= 4 is 33.5 Å². The molecule has 134 valence electrons. The first-order valence-electron chi connectivity index (χ1n) is 7.29. The van der Waals surface area contributed by atoms with Gasteiger partial charge in [0.2, 0.25) is 0 Å². The molecule has 0 fully saturated rings. The molecule has 0 saturated heterocycles. The van der Waals surface area contributed by atoms with Gasteiger partial charge in [-0.1, -0.05) is 36.4 Å². The molecule has 3 N–H and O–H groups in total. The Morgan fingerprint density at radius 3 is 2.12 bits per heavy atom. The Balaban J connectivity index is 2.04. The maximum absolute atomic E-state index is 12.5. The van der Waals surface area contributed by atoms with Gasteiger partial charge in [0, 0.05) is 5.56 Å². The molecule has 0 spiro atoms. The highest BCUT2D eigenvalue weighted by Crippen LogP contribution is 2.29. The van der Waals surface area contributed by atoms with Crippen LogP contribution in [-0.4, -0.2) is 40.7 Å². The number of hydrazone groups is 1. The molecular formula is C16H13N3O6S. The summed E-state index contributed by atoms with van der Waals surface area (Å²) in [5.74, 6) is -3.16. The fraction of sp³-hybridized carbons (Fsp3) is 0.0625. The average molecular weight is 375 g/mol. The summed E-state index contributed by atoms with van der Waals surface area (Å²) in [6.45, 7) is 0. The molecule has 1 atom stereocenters. The second-order valence-corrected chi connectivity index (χ2v) is 6.88. The van der Waals surface area contributed by atoms with E-state index >= 15 is 0 Å². The van der Waals surface area contributed by atoms with Crippen molar-refractivity contribution in [2.24, 2.45) is 5.10 Å². The van der Waals surface area contributed by atoms with Gasteiger partial charge in [0.1, 0.15) is 0 Å². The van der Waals surface area contributed by atoms with Crippen molar-refractivity contribution in [1.29, 1.82) is 0 Å². The molecule has 10 heteroatoms. The molecule has 0 aromatic heterocycles. The number of nitrogens with zero attached hydrogens (tertiary/aromatic N) is 2. The molecule has 1 heterocycles. The second kappa shape index (κ2) is 6.33. The number of aliphatic hydroxyl groups is 1. The molecule has 0 bridgehead atoms. The van der Waals surface area contributed by atoms with Gasteiger partial charge >= 0.3 is 21.0 Å². The average Bonchev–Trinajstić information content (AvgIpc) is 2.89. The lowest BCUT2D eigenvalue weighted by molar-refractivity contribution is -0.125. The van der Waals surface area contributed by atoms with Crippen molar-refractivity contribution in [2.45, 2.75) is 4.93 Å². The predicted octanol–water partition coefficient (Wildman–Crippen LogP) is 0.353. The van der Waals surface area contributed by atoms with E-state index < -0.39 is 32.7 Å². The molecule has 26 heavy (non-hydrogen) atoms. The summed E-state index contributed by atoms with van der Waals surface area (Å²) in [6.07, 6.45) is 0. The highest BCUT2D eigenvalue weighted by atomic mass is 32.2. The summed E-state index contributed by atoms with van der Waals surface area (Å²) in [7, 11) is -5.35. The largest absolute Gasteiger partial charge is 0.359 e. The van der Waals surface area contributed by atoms with E-state index in [-0.39, 0.29) is 11.3 Å². The third-order valence-electron chi connectivity index (χ3n) is 3.65.